The van der Waals surface area contributed by atoms with Crippen LogP contribution in [0.5, 0.6) is 0 Å². The van der Waals surface area contributed by atoms with Gasteiger partial charge in [0.1, 0.15) is 0 Å². The highest BCUT2D eigenvalue weighted by atomic mass is 32.1. The van der Waals surface area contributed by atoms with Crippen molar-refractivity contribution in [1.82, 2.24) is 10.2 Å². The van der Waals surface area contributed by atoms with Gasteiger partial charge >= 0.3 is 0 Å². The molecule has 2 aromatic rings. The highest BCUT2D eigenvalue weighted by molar-refractivity contribution is 7.10. The first kappa shape index (κ1) is 20.1. The van der Waals surface area contributed by atoms with Gasteiger partial charge in [-0.2, -0.15) is 0 Å². The first-order valence-corrected chi connectivity index (χ1v) is 10.9. The summed E-state index contributed by atoms with van der Waals surface area (Å²) in [6.07, 6.45) is 1.98. The fourth-order valence-corrected chi connectivity index (χ4v) is 4.52. The lowest BCUT2D eigenvalue weighted by Crippen LogP contribution is -2.45. The number of fused-ring (bicyclic) bond motifs is 1. The Balaban J connectivity index is 1.89. The van der Waals surface area contributed by atoms with Crippen LogP contribution in [0.2, 0.25) is 0 Å². The van der Waals surface area contributed by atoms with Crippen LogP contribution in [0.15, 0.2) is 35.7 Å². The third kappa shape index (κ3) is 4.44. The number of carbonyl (C=O) groups is 1. The maximum atomic E-state index is 13.0. The molecule has 0 bridgehead atoms. The summed E-state index contributed by atoms with van der Waals surface area (Å²) in [4.78, 5) is 16.5. The number of hydrogen-bond donors (Lipinski definition) is 1. The van der Waals surface area contributed by atoms with Gasteiger partial charge in [-0.15, -0.1) is 11.3 Å². The Labute approximate surface area is 167 Å². The van der Waals surface area contributed by atoms with Gasteiger partial charge in [0.25, 0.3) is 0 Å². The number of nitrogens with zero attached hydrogens (tertiary/aromatic N) is 1. The summed E-state index contributed by atoms with van der Waals surface area (Å²) < 4.78 is 0. The van der Waals surface area contributed by atoms with Crippen LogP contribution in [0.3, 0.4) is 0 Å². The Morgan fingerprint density at radius 3 is 2.59 bits per heavy atom. The van der Waals surface area contributed by atoms with E-state index in [1.807, 2.05) is 11.3 Å². The van der Waals surface area contributed by atoms with E-state index >= 15 is 0 Å². The van der Waals surface area contributed by atoms with Crippen molar-refractivity contribution in [2.45, 2.75) is 65.0 Å². The predicted octanol–water partition coefficient (Wildman–Crippen LogP) is 4.91. The largest absolute Gasteiger partial charge is 0.330 e. The molecular weight excluding hydrogens is 352 g/mol. The van der Waals surface area contributed by atoms with Crippen LogP contribution in [-0.4, -0.2) is 29.9 Å². The molecule has 0 saturated carbocycles. The van der Waals surface area contributed by atoms with Crippen molar-refractivity contribution < 1.29 is 4.79 Å². The standard InChI is InChI=1S/C23H32N2OS/c1-6-16(2)24-15-21(26)25-13-11-20-19(12-14-27-20)22(25)17-7-9-18(10-8-17)23(3,4)5/h7-10,12,14,16,22,24H,6,11,13,15H2,1-5H3/t16-,22-/m0/s1. The molecule has 4 heteroatoms. The minimum atomic E-state index is 0.0280. The van der Waals surface area contributed by atoms with Crippen LogP contribution >= 0.6 is 11.3 Å². The molecular formula is C23H32N2OS. The molecule has 0 fully saturated rings. The lowest BCUT2D eigenvalue weighted by atomic mass is 9.85. The van der Waals surface area contributed by atoms with E-state index in [1.54, 1.807) is 0 Å². The summed E-state index contributed by atoms with van der Waals surface area (Å²) in [5.41, 5.74) is 3.96. The third-order valence-electron chi connectivity index (χ3n) is 5.59. The van der Waals surface area contributed by atoms with Crippen LogP contribution in [0.1, 0.15) is 68.6 Å². The molecule has 3 nitrogen and oxygen atoms in total. The second-order valence-corrected chi connectivity index (χ2v) is 9.60. The van der Waals surface area contributed by atoms with Gasteiger partial charge in [-0.25, -0.2) is 0 Å². The maximum Gasteiger partial charge on any atom is 0.237 e. The number of amides is 1. The normalized spacial score (nSPS) is 18.3. The van der Waals surface area contributed by atoms with Crippen molar-refractivity contribution in [3.8, 4) is 0 Å². The average molecular weight is 385 g/mol. The number of rotatable bonds is 5. The van der Waals surface area contributed by atoms with Gasteiger partial charge in [0.15, 0.2) is 0 Å². The SMILES string of the molecule is CC[C@H](C)NCC(=O)N1CCc2sccc2[C@@H]1c1ccc(C(C)(C)C)cc1. The van der Waals surface area contributed by atoms with Gasteiger partial charge in [0.2, 0.25) is 5.91 Å². The molecule has 27 heavy (non-hydrogen) atoms. The maximum absolute atomic E-state index is 13.0. The van der Waals surface area contributed by atoms with Crippen LogP contribution < -0.4 is 5.32 Å². The molecule has 1 amide bonds. The van der Waals surface area contributed by atoms with Crippen molar-refractivity contribution in [3.05, 3.63) is 57.3 Å². The number of carbonyl (C=O) groups excluding carboxylic acids is 1. The number of nitrogens with one attached hydrogen (secondary N) is 1. The fourth-order valence-electron chi connectivity index (χ4n) is 3.62. The van der Waals surface area contributed by atoms with E-state index < -0.39 is 0 Å². The second kappa shape index (κ2) is 8.15. The van der Waals surface area contributed by atoms with E-state index in [0.717, 1.165) is 19.4 Å². The molecule has 2 atom stereocenters. The molecule has 1 aromatic heterocycles. The molecule has 1 aliphatic rings. The monoisotopic (exact) mass is 384 g/mol. The molecule has 1 aliphatic heterocycles. The third-order valence-corrected chi connectivity index (χ3v) is 6.59. The molecule has 0 unspecified atom stereocenters. The topological polar surface area (TPSA) is 32.3 Å². The van der Waals surface area contributed by atoms with E-state index in [4.69, 9.17) is 0 Å². The van der Waals surface area contributed by atoms with Gasteiger partial charge in [-0.3, -0.25) is 4.79 Å². The van der Waals surface area contributed by atoms with Gasteiger partial charge in [0.05, 0.1) is 12.6 Å². The second-order valence-electron chi connectivity index (χ2n) is 8.60. The summed E-state index contributed by atoms with van der Waals surface area (Å²) in [6.45, 7) is 12.2. The van der Waals surface area contributed by atoms with Crippen molar-refractivity contribution >= 4 is 17.2 Å². The molecule has 2 heterocycles. The molecule has 1 N–H and O–H groups in total. The highest BCUT2D eigenvalue weighted by Crippen LogP contribution is 2.38. The van der Waals surface area contributed by atoms with Crippen molar-refractivity contribution in [2.24, 2.45) is 0 Å². The Hall–Kier alpha value is -1.65. The molecule has 0 radical (unpaired) electrons. The minimum absolute atomic E-state index is 0.0280. The predicted molar refractivity (Wildman–Crippen MR) is 114 cm³/mol. The Bertz CT molecular complexity index is 772. The quantitative estimate of drug-likeness (QED) is 0.794. The molecule has 1 aromatic carbocycles. The van der Waals surface area contributed by atoms with Gasteiger partial charge < -0.3 is 10.2 Å². The van der Waals surface area contributed by atoms with Crippen LogP contribution in [0.4, 0.5) is 0 Å². The van der Waals surface area contributed by atoms with Crippen LogP contribution in [0.25, 0.3) is 0 Å². The lowest BCUT2D eigenvalue weighted by Gasteiger charge is -2.37. The highest BCUT2D eigenvalue weighted by Gasteiger charge is 2.32. The Kier molecular flexibility index (Phi) is 6.07. The van der Waals surface area contributed by atoms with Gasteiger partial charge in [-0.05, 0) is 53.3 Å². The van der Waals surface area contributed by atoms with E-state index in [9.17, 15) is 4.79 Å². The van der Waals surface area contributed by atoms with Crippen LogP contribution in [0, 0.1) is 0 Å². The first-order chi connectivity index (χ1) is 12.8. The molecule has 0 aliphatic carbocycles. The minimum Gasteiger partial charge on any atom is -0.330 e. The Morgan fingerprint density at radius 2 is 1.96 bits per heavy atom. The van der Waals surface area contributed by atoms with Gasteiger partial charge in [0, 0.05) is 17.5 Å². The zero-order valence-electron chi connectivity index (χ0n) is 17.2. The fraction of sp³-hybridized carbons (Fsp3) is 0.522. The van der Waals surface area contributed by atoms with E-state index in [2.05, 4.69) is 80.5 Å². The molecule has 3 rings (SSSR count). The van der Waals surface area contributed by atoms with Gasteiger partial charge in [-0.1, -0.05) is 52.0 Å². The number of thiophene rings is 1. The molecule has 0 spiro atoms. The van der Waals surface area contributed by atoms with Crippen molar-refractivity contribution in [3.63, 3.8) is 0 Å². The summed E-state index contributed by atoms with van der Waals surface area (Å²) in [5.74, 6) is 0.192. The number of benzene rings is 1. The summed E-state index contributed by atoms with van der Waals surface area (Å²) >= 11 is 1.81. The molecule has 0 saturated heterocycles. The Morgan fingerprint density at radius 1 is 1.26 bits per heavy atom. The first-order valence-electron chi connectivity index (χ1n) is 10.0. The summed E-state index contributed by atoms with van der Waals surface area (Å²) in [5, 5.41) is 5.52. The van der Waals surface area contributed by atoms with Crippen molar-refractivity contribution in [1.29, 1.82) is 0 Å². The zero-order chi connectivity index (χ0) is 19.6. The smallest absolute Gasteiger partial charge is 0.237 e. The molecule has 146 valence electrons. The summed E-state index contributed by atoms with van der Waals surface area (Å²) in [7, 11) is 0. The van der Waals surface area contributed by atoms with E-state index in [-0.39, 0.29) is 17.4 Å². The zero-order valence-corrected chi connectivity index (χ0v) is 18.0. The van der Waals surface area contributed by atoms with Crippen LogP contribution in [-0.2, 0) is 16.6 Å². The lowest BCUT2D eigenvalue weighted by molar-refractivity contribution is -0.132. The van der Waals surface area contributed by atoms with E-state index in [1.165, 1.54) is 21.6 Å². The van der Waals surface area contributed by atoms with Crippen molar-refractivity contribution in [2.75, 3.05) is 13.1 Å². The summed E-state index contributed by atoms with van der Waals surface area (Å²) in [6, 6.07) is 11.4. The average Bonchev–Trinajstić information content (AvgIpc) is 3.13. The van der Waals surface area contributed by atoms with E-state index in [0.29, 0.717) is 12.6 Å². The number of hydrogen-bond acceptors (Lipinski definition) is 3.